The summed E-state index contributed by atoms with van der Waals surface area (Å²) in [4.78, 5) is 49.8. The van der Waals surface area contributed by atoms with Gasteiger partial charge in [0.15, 0.2) is 0 Å². The van der Waals surface area contributed by atoms with Crippen LogP contribution in [0.3, 0.4) is 0 Å². The highest BCUT2D eigenvalue weighted by molar-refractivity contribution is 5.92. The van der Waals surface area contributed by atoms with Crippen molar-refractivity contribution in [3.63, 3.8) is 0 Å². The molecule has 3 atom stereocenters. The molecular formula is C28H54N4O6. The van der Waals surface area contributed by atoms with Gasteiger partial charge in [-0.05, 0) is 58.5 Å². The van der Waals surface area contributed by atoms with E-state index >= 15 is 0 Å². The van der Waals surface area contributed by atoms with Gasteiger partial charge in [-0.2, -0.15) is 0 Å². The van der Waals surface area contributed by atoms with Gasteiger partial charge in [0.1, 0.15) is 24.7 Å². The second kappa shape index (κ2) is 22.4. The molecule has 0 bridgehead atoms. The molecule has 2 aliphatic rings. The number of alkyl carbamates (subject to hydrolysis) is 1. The van der Waals surface area contributed by atoms with E-state index in [0.717, 1.165) is 38.0 Å². The van der Waals surface area contributed by atoms with Gasteiger partial charge in [0.2, 0.25) is 11.8 Å². The molecule has 2 fully saturated rings. The maximum Gasteiger partial charge on any atom is 0.407 e. The van der Waals surface area contributed by atoms with Crippen molar-refractivity contribution in [1.82, 2.24) is 20.9 Å². The van der Waals surface area contributed by atoms with Gasteiger partial charge in [-0.25, -0.2) is 9.59 Å². The topological polar surface area (TPSA) is 137 Å². The lowest BCUT2D eigenvalue weighted by Crippen LogP contribution is -2.53. The van der Waals surface area contributed by atoms with Gasteiger partial charge < -0.3 is 30.7 Å². The Hall–Kier alpha value is -2.62. The minimum Gasteiger partial charge on any atom is -0.480 e. The van der Waals surface area contributed by atoms with Crippen LogP contribution in [0.5, 0.6) is 0 Å². The number of ether oxygens (including phenoxy) is 1. The number of rotatable bonds is 8. The van der Waals surface area contributed by atoms with Crippen molar-refractivity contribution >= 4 is 23.9 Å². The molecule has 0 aromatic heterocycles. The quantitative estimate of drug-likeness (QED) is 0.341. The van der Waals surface area contributed by atoms with E-state index in [1.165, 1.54) is 11.0 Å². The van der Waals surface area contributed by atoms with Crippen LogP contribution >= 0.6 is 0 Å². The molecule has 38 heavy (non-hydrogen) atoms. The Labute approximate surface area is 230 Å². The summed E-state index contributed by atoms with van der Waals surface area (Å²) in [6.07, 6.45) is 6.68. The Morgan fingerprint density at radius 2 is 1.53 bits per heavy atom. The summed E-state index contributed by atoms with van der Waals surface area (Å²) in [6, 6.07) is -1.86. The maximum absolute atomic E-state index is 12.6. The first kappa shape index (κ1) is 37.5. The predicted molar refractivity (Wildman–Crippen MR) is 152 cm³/mol. The number of carboxylic acid groups (broad SMARTS) is 1. The van der Waals surface area contributed by atoms with Crippen LogP contribution < -0.4 is 16.0 Å². The number of hydrogen-bond donors (Lipinski definition) is 4. The van der Waals surface area contributed by atoms with Crippen molar-refractivity contribution in [3.8, 4) is 0 Å². The van der Waals surface area contributed by atoms with Crippen molar-refractivity contribution in [3.05, 3.63) is 12.7 Å². The largest absolute Gasteiger partial charge is 0.480 e. The third kappa shape index (κ3) is 16.3. The van der Waals surface area contributed by atoms with Crippen LogP contribution in [0.1, 0.15) is 86.5 Å². The number of aliphatic carboxylic acids is 1. The zero-order valence-electron chi connectivity index (χ0n) is 25.0. The minimum absolute atomic E-state index is 0.107. The summed E-state index contributed by atoms with van der Waals surface area (Å²) < 4.78 is 5.32. The lowest BCUT2D eigenvalue weighted by Gasteiger charge is -2.27. The summed E-state index contributed by atoms with van der Waals surface area (Å²) in [5.74, 6) is -1.69. The van der Waals surface area contributed by atoms with Crippen LogP contribution in [-0.4, -0.2) is 79.3 Å². The van der Waals surface area contributed by atoms with Crippen molar-refractivity contribution < 1.29 is 29.0 Å². The molecule has 4 N–H and O–H groups in total. The zero-order valence-corrected chi connectivity index (χ0v) is 25.0. The van der Waals surface area contributed by atoms with Crippen molar-refractivity contribution in [1.29, 1.82) is 0 Å². The van der Waals surface area contributed by atoms with Crippen LogP contribution in [0.15, 0.2) is 12.7 Å². The Morgan fingerprint density at radius 1 is 1.00 bits per heavy atom. The third-order valence-electron chi connectivity index (χ3n) is 5.55. The van der Waals surface area contributed by atoms with Gasteiger partial charge in [-0.3, -0.25) is 9.59 Å². The first-order valence-corrected chi connectivity index (χ1v) is 14.0. The van der Waals surface area contributed by atoms with Gasteiger partial charge in [-0.15, -0.1) is 6.58 Å². The van der Waals surface area contributed by atoms with Gasteiger partial charge in [0.25, 0.3) is 0 Å². The number of likely N-dealkylation sites (tertiary alicyclic amines) is 1. The van der Waals surface area contributed by atoms with Gasteiger partial charge in [0, 0.05) is 12.5 Å². The molecule has 10 nitrogen and oxygen atoms in total. The molecule has 1 saturated heterocycles. The number of nitrogens with zero attached hydrogens (tertiary/aromatic N) is 1. The molecule has 0 radical (unpaired) electrons. The summed E-state index contributed by atoms with van der Waals surface area (Å²) in [6.45, 7) is 15.8. The first-order chi connectivity index (χ1) is 18.0. The lowest BCUT2D eigenvalue weighted by atomic mass is 9.98. The van der Waals surface area contributed by atoms with E-state index in [9.17, 15) is 24.3 Å². The normalized spacial score (nSPS) is 18.1. The van der Waals surface area contributed by atoms with Crippen LogP contribution in [0.25, 0.3) is 0 Å². The van der Waals surface area contributed by atoms with Crippen LogP contribution in [0.4, 0.5) is 4.79 Å². The SMILES string of the molecule is C=CC(C)C(NC(=O)[C@@H]1CCCN1C(=O)CNC(=O)OC1CCCCC1)C(=O)O.CC.CC(C)C.CNC. The molecule has 1 aliphatic carbocycles. The fourth-order valence-corrected chi connectivity index (χ4v) is 3.77. The highest BCUT2D eigenvalue weighted by Crippen LogP contribution is 2.21. The van der Waals surface area contributed by atoms with Crippen LogP contribution in [-0.2, 0) is 19.1 Å². The number of carbonyl (C=O) groups is 4. The van der Waals surface area contributed by atoms with Crippen molar-refractivity contribution in [2.75, 3.05) is 27.2 Å². The van der Waals surface area contributed by atoms with E-state index in [0.29, 0.717) is 19.4 Å². The van der Waals surface area contributed by atoms with E-state index in [4.69, 9.17) is 4.74 Å². The molecule has 1 saturated carbocycles. The molecule has 0 aromatic carbocycles. The average molecular weight is 543 g/mol. The predicted octanol–water partition coefficient (Wildman–Crippen LogP) is 3.95. The third-order valence-corrected chi connectivity index (χ3v) is 5.55. The molecule has 1 heterocycles. The summed E-state index contributed by atoms with van der Waals surface area (Å²) in [5, 5.41) is 17.0. The minimum atomic E-state index is -1.16. The number of hydrogen-bond acceptors (Lipinski definition) is 6. The summed E-state index contributed by atoms with van der Waals surface area (Å²) >= 11 is 0. The molecule has 3 amide bonds. The molecule has 2 rings (SSSR count). The monoisotopic (exact) mass is 542 g/mol. The smallest absolute Gasteiger partial charge is 0.407 e. The molecule has 222 valence electrons. The van der Waals surface area contributed by atoms with Gasteiger partial charge >= 0.3 is 12.1 Å². The van der Waals surface area contributed by atoms with E-state index in [-0.39, 0.29) is 12.6 Å². The highest BCUT2D eigenvalue weighted by Gasteiger charge is 2.36. The van der Waals surface area contributed by atoms with E-state index in [1.54, 1.807) is 6.92 Å². The average Bonchev–Trinajstić information content (AvgIpc) is 3.37. The number of amides is 3. The molecule has 10 heteroatoms. The number of carbonyl (C=O) groups excluding carboxylic acids is 3. The summed E-state index contributed by atoms with van der Waals surface area (Å²) in [7, 11) is 3.75. The molecule has 0 aromatic rings. The van der Waals surface area contributed by atoms with E-state index < -0.39 is 41.9 Å². The standard InChI is InChI=1S/C20H31N3O6.C4H10.C2H7N.C2H6/c1-3-13(2)17(19(26)27)22-18(25)15-10-7-11-23(15)16(24)12-21-20(28)29-14-8-5-4-6-9-14;1-4(2)3;1-3-2;1-2/h3,13-15,17H,1,4-12H2,2H3,(H,21,28)(H,22,25)(H,26,27);4H,1-3H3;3H,1-2H3;1-2H3/t13?,15-,17?;;;/m0.../s1. The molecule has 1 aliphatic heterocycles. The fraction of sp³-hybridized carbons (Fsp3) is 0.786. The molecule has 0 spiro atoms. The van der Waals surface area contributed by atoms with Crippen LogP contribution in [0.2, 0.25) is 0 Å². The second-order valence-corrected chi connectivity index (χ2v) is 9.92. The zero-order chi connectivity index (χ0) is 29.7. The molecule has 2 unspecified atom stereocenters. The Kier molecular flexibility index (Phi) is 22.1. The van der Waals surface area contributed by atoms with Gasteiger partial charge in [-0.1, -0.05) is 54.0 Å². The van der Waals surface area contributed by atoms with Crippen molar-refractivity contribution in [2.24, 2.45) is 11.8 Å². The van der Waals surface area contributed by atoms with Crippen LogP contribution in [0, 0.1) is 11.8 Å². The summed E-state index contributed by atoms with van der Waals surface area (Å²) in [5.41, 5.74) is 0. The maximum atomic E-state index is 12.6. The van der Waals surface area contributed by atoms with E-state index in [2.05, 4.69) is 43.3 Å². The Balaban J connectivity index is 0. The highest BCUT2D eigenvalue weighted by atomic mass is 16.6. The van der Waals surface area contributed by atoms with Crippen molar-refractivity contribution in [2.45, 2.75) is 105 Å². The van der Waals surface area contributed by atoms with Gasteiger partial charge in [0.05, 0.1) is 0 Å². The second-order valence-electron chi connectivity index (χ2n) is 9.92. The molecular weight excluding hydrogens is 488 g/mol. The first-order valence-electron chi connectivity index (χ1n) is 14.0. The van der Waals surface area contributed by atoms with E-state index in [1.807, 2.05) is 27.9 Å². The number of nitrogens with one attached hydrogen (secondary N) is 3. The number of carboxylic acids is 1. The lowest BCUT2D eigenvalue weighted by molar-refractivity contribution is -0.144. The Morgan fingerprint density at radius 3 is 2.00 bits per heavy atom. The Bertz CT molecular complexity index is 692. The fourth-order valence-electron chi connectivity index (χ4n) is 3.77.